The Balaban J connectivity index is 1.82. The lowest BCUT2D eigenvalue weighted by atomic mass is 10.1. The molecule has 2 rings (SSSR count). The molecule has 0 saturated carbocycles. The molecule has 0 spiro atoms. The summed E-state index contributed by atoms with van der Waals surface area (Å²) in [6.45, 7) is 0.0741. The first-order chi connectivity index (χ1) is 11.5. The molecule has 0 saturated heterocycles. The third-order valence-electron chi connectivity index (χ3n) is 3.21. The average molecular weight is 349 g/mol. The lowest BCUT2D eigenvalue weighted by molar-refractivity contribution is -0.142. The molecular formula is C17H17ClN2O4. The minimum atomic E-state index is -1.12. The van der Waals surface area contributed by atoms with Crippen molar-refractivity contribution in [3.63, 3.8) is 0 Å². The Labute approximate surface area is 144 Å². The van der Waals surface area contributed by atoms with Crippen LogP contribution < -0.4 is 5.32 Å². The van der Waals surface area contributed by atoms with Crippen LogP contribution in [0.15, 0.2) is 48.7 Å². The predicted molar refractivity (Wildman–Crippen MR) is 88.6 cm³/mol. The molecule has 1 atom stereocenters. The Morgan fingerprint density at radius 1 is 1.17 bits per heavy atom. The van der Waals surface area contributed by atoms with E-state index in [4.69, 9.17) is 16.3 Å². The van der Waals surface area contributed by atoms with Gasteiger partial charge in [0.05, 0.1) is 6.61 Å². The number of ether oxygens (including phenoxy) is 1. The minimum Gasteiger partial charge on any atom is -0.480 e. The quantitative estimate of drug-likeness (QED) is 0.713. The highest BCUT2D eigenvalue weighted by Gasteiger charge is 2.20. The molecule has 0 radical (unpaired) electrons. The van der Waals surface area contributed by atoms with Gasteiger partial charge in [0.1, 0.15) is 17.8 Å². The summed E-state index contributed by atoms with van der Waals surface area (Å²) in [5.74, 6) is -1.61. The summed E-state index contributed by atoms with van der Waals surface area (Å²) in [5.41, 5.74) is 1.60. The smallest absolute Gasteiger partial charge is 0.326 e. The fourth-order valence-corrected chi connectivity index (χ4v) is 2.15. The number of carboxylic acid groups (broad SMARTS) is 1. The highest BCUT2D eigenvalue weighted by atomic mass is 35.5. The van der Waals surface area contributed by atoms with Crippen LogP contribution in [-0.2, 0) is 27.4 Å². The summed E-state index contributed by atoms with van der Waals surface area (Å²) in [5, 5.41) is 12.0. The SMILES string of the molecule is O=C(COCc1ccccc1)N[C@H](Cc1ccc(Cl)nc1)C(=O)O. The minimum absolute atomic E-state index is 0.115. The van der Waals surface area contributed by atoms with E-state index in [0.29, 0.717) is 10.7 Å². The second-order valence-corrected chi connectivity index (χ2v) is 5.52. The van der Waals surface area contributed by atoms with E-state index >= 15 is 0 Å². The summed E-state index contributed by atoms with van der Waals surface area (Å²) < 4.78 is 5.29. The summed E-state index contributed by atoms with van der Waals surface area (Å²) in [7, 11) is 0. The van der Waals surface area contributed by atoms with Gasteiger partial charge in [0.2, 0.25) is 5.91 Å². The van der Waals surface area contributed by atoms with Gasteiger partial charge in [-0.1, -0.05) is 48.0 Å². The molecule has 24 heavy (non-hydrogen) atoms. The molecule has 0 aliphatic rings. The third kappa shape index (κ3) is 5.98. The second-order valence-electron chi connectivity index (χ2n) is 5.13. The zero-order chi connectivity index (χ0) is 17.4. The van der Waals surface area contributed by atoms with Gasteiger partial charge in [-0.05, 0) is 17.2 Å². The number of hydrogen-bond acceptors (Lipinski definition) is 4. The maximum atomic E-state index is 11.9. The first-order valence-electron chi connectivity index (χ1n) is 7.29. The number of pyridine rings is 1. The van der Waals surface area contributed by atoms with Gasteiger partial charge < -0.3 is 15.2 Å². The van der Waals surface area contributed by atoms with Crippen LogP contribution in [0.1, 0.15) is 11.1 Å². The van der Waals surface area contributed by atoms with Crippen molar-refractivity contribution in [1.82, 2.24) is 10.3 Å². The van der Waals surface area contributed by atoms with Crippen LogP contribution in [0.5, 0.6) is 0 Å². The molecule has 2 N–H and O–H groups in total. The lowest BCUT2D eigenvalue weighted by Gasteiger charge is -2.14. The first-order valence-corrected chi connectivity index (χ1v) is 7.66. The van der Waals surface area contributed by atoms with E-state index in [1.165, 1.54) is 6.20 Å². The van der Waals surface area contributed by atoms with Gasteiger partial charge in [0.15, 0.2) is 0 Å². The number of carbonyl (C=O) groups excluding carboxylic acids is 1. The van der Waals surface area contributed by atoms with Crippen molar-refractivity contribution in [2.75, 3.05) is 6.61 Å². The van der Waals surface area contributed by atoms with E-state index in [1.54, 1.807) is 12.1 Å². The van der Waals surface area contributed by atoms with Gasteiger partial charge in [0.25, 0.3) is 0 Å². The number of aliphatic carboxylic acids is 1. The van der Waals surface area contributed by atoms with Crippen molar-refractivity contribution < 1.29 is 19.4 Å². The molecule has 1 heterocycles. The summed E-state index contributed by atoms with van der Waals surface area (Å²) in [6, 6.07) is 11.6. The largest absolute Gasteiger partial charge is 0.480 e. The summed E-state index contributed by atoms with van der Waals surface area (Å²) >= 11 is 5.69. The molecule has 0 fully saturated rings. The number of rotatable bonds is 8. The van der Waals surface area contributed by atoms with Gasteiger partial charge in [0, 0.05) is 12.6 Å². The van der Waals surface area contributed by atoms with Crippen molar-refractivity contribution in [3.8, 4) is 0 Å². The van der Waals surface area contributed by atoms with Gasteiger partial charge in [-0.3, -0.25) is 4.79 Å². The molecule has 7 heteroatoms. The Kier molecular flexibility index (Phi) is 6.72. The van der Waals surface area contributed by atoms with Crippen LogP contribution in [0.25, 0.3) is 0 Å². The van der Waals surface area contributed by atoms with E-state index in [0.717, 1.165) is 5.56 Å². The van der Waals surface area contributed by atoms with Crippen LogP contribution in [-0.4, -0.2) is 34.6 Å². The highest BCUT2D eigenvalue weighted by molar-refractivity contribution is 6.29. The molecule has 1 aromatic carbocycles. The Morgan fingerprint density at radius 2 is 1.92 bits per heavy atom. The van der Waals surface area contributed by atoms with Crippen molar-refractivity contribution in [2.45, 2.75) is 19.1 Å². The molecule has 0 aliphatic heterocycles. The van der Waals surface area contributed by atoms with Crippen molar-refractivity contribution >= 4 is 23.5 Å². The number of nitrogens with one attached hydrogen (secondary N) is 1. The molecule has 1 amide bonds. The van der Waals surface area contributed by atoms with Crippen molar-refractivity contribution in [3.05, 3.63) is 64.9 Å². The first kappa shape index (κ1) is 17.9. The monoisotopic (exact) mass is 348 g/mol. The predicted octanol–water partition coefficient (Wildman–Crippen LogP) is 2.06. The number of amides is 1. The van der Waals surface area contributed by atoms with Gasteiger partial charge in [-0.15, -0.1) is 0 Å². The fraction of sp³-hybridized carbons (Fsp3) is 0.235. The van der Waals surface area contributed by atoms with Gasteiger partial charge in [-0.25, -0.2) is 9.78 Å². The van der Waals surface area contributed by atoms with Crippen molar-refractivity contribution in [1.29, 1.82) is 0 Å². The molecule has 1 aromatic heterocycles. The number of benzene rings is 1. The summed E-state index contributed by atoms with van der Waals surface area (Å²) in [4.78, 5) is 27.0. The van der Waals surface area contributed by atoms with E-state index in [9.17, 15) is 14.7 Å². The van der Waals surface area contributed by atoms with Gasteiger partial charge >= 0.3 is 5.97 Å². The summed E-state index contributed by atoms with van der Waals surface area (Å²) in [6.07, 6.45) is 1.60. The number of halogens is 1. The standard InChI is InChI=1S/C17H17ClN2O4/c18-15-7-6-13(9-19-15)8-14(17(22)23)20-16(21)11-24-10-12-4-2-1-3-5-12/h1-7,9,14H,8,10-11H2,(H,20,21)(H,22,23)/t14-/m1/s1. The van der Waals surface area contributed by atoms with E-state index < -0.39 is 17.9 Å². The van der Waals surface area contributed by atoms with Crippen LogP contribution in [0, 0.1) is 0 Å². The topological polar surface area (TPSA) is 88.5 Å². The number of carboxylic acids is 1. The molecular weight excluding hydrogens is 332 g/mol. The third-order valence-corrected chi connectivity index (χ3v) is 3.43. The van der Waals surface area contributed by atoms with Crippen molar-refractivity contribution in [2.24, 2.45) is 0 Å². The van der Waals surface area contributed by atoms with E-state index in [2.05, 4.69) is 10.3 Å². The number of hydrogen-bond donors (Lipinski definition) is 2. The Morgan fingerprint density at radius 3 is 2.54 bits per heavy atom. The lowest BCUT2D eigenvalue weighted by Crippen LogP contribution is -2.43. The molecule has 0 bridgehead atoms. The number of nitrogens with zero attached hydrogens (tertiary/aromatic N) is 1. The number of aromatic nitrogens is 1. The molecule has 6 nitrogen and oxygen atoms in total. The average Bonchev–Trinajstić information content (AvgIpc) is 2.57. The Hall–Kier alpha value is -2.44. The highest BCUT2D eigenvalue weighted by Crippen LogP contribution is 2.08. The fourth-order valence-electron chi connectivity index (χ4n) is 2.03. The number of carbonyl (C=O) groups is 2. The maximum absolute atomic E-state index is 11.9. The normalized spacial score (nSPS) is 11.7. The van der Waals surface area contributed by atoms with Crippen LogP contribution in [0.3, 0.4) is 0 Å². The molecule has 0 aliphatic carbocycles. The second kappa shape index (κ2) is 9.00. The Bertz CT molecular complexity index is 677. The van der Waals surface area contributed by atoms with E-state index in [-0.39, 0.29) is 19.6 Å². The van der Waals surface area contributed by atoms with Crippen LogP contribution in [0.2, 0.25) is 5.15 Å². The van der Waals surface area contributed by atoms with Crippen LogP contribution >= 0.6 is 11.6 Å². The maximum Gasteiger partial charge on any atom is 0.326 e. The molecule has 0 unspecified atom stereocenters. The molecule has 2 aromatic rings. The zero-order valence-electron chi connectivity index (χ0n) is 12.8. The van der Waals surface area contributed by atoms with E-state index in [1.807, 2.05) is 30.3 Å². The zero-order valence-corrected chi connectivity index (χ0v) is 13.6. The molecule has 126 valence electrons. The van der Waals surface area contributed by atoms with Gasteiger partial charge in [-0.2, -0.15) is 0 Å². The van der Waals surface area contributed by atoms with Crippen LogP contribution in [0.4, 0.5) is 0 Å².